The highest BCUT2D eigenvalue weighted by Gasteiger charge is 2.14. The fourth-order valence-corrected chi connectivity index (χ4v) is 3.92. The van der Waals surface area contributed by atoms with Crippen LogP contribution in [-0.4, -0.2) is 54.1 Å². The van der Waals surface area contributed by atoms with Gasteiger partial charge in [0.05, 0.1) is 5.56 Å². The maximum Gasteiger partial charge on any atom is 0.335 e. The van der Waals surface area contributed by atoms with Gasteiger partial charge in [0.25, 0.3) is 0 Å². The molecule has 1 rings (SSSR count). The van der Waals surface area contributed by atoms with E-state index in [0.29, 0.717) is 5.56 Å². The summed E-state index contributed by atoms with van der Waals surface area (Å²) in [6.45, 7) is 5.81. The molecule has 0 bridgehead atoms. The van der Waals surface area contributed by atoms with Crippen LogP contribution in [0.2, 0.25) is 0 Å². The molecule has 0 saturated heterocycles. The molecule has 1 aromatic carbocycles. The molecule has 0 fully saturated rings. The number of unbranched alkanes of at least 4 members (excludes halogenated alkanes) is 10. The molecule has 198 valence electrons. The summed E-state index contributed by atoms with van der Waals surface area (Å²) in [5, 5.41) is 11.8. The van der Waals surface area contributed by atoms with Gasteiger partial charge < -0.3 is 20.1 Å². The van der Waals surface area contributed by atoms with Gasteiger partial charge in [-0.15, -0.1) is 0 Å². The Hall–Kier alpha value is -2.41. The van der Waals surface area contributed by atoms with Gasteiger partial charge in [0.2, 0.25) is 11.8 Å². The van der Waals surface area contributed by atoms with Crippen molar-refractivity contribution in [2.45, 2.75) is 97.4 Å². The normalized spacial score (nSPS) is 10.8. The lowest BCUT2D eigenvalue weighted by molar-refractivity contribution is -0.138. The highest BCUT2D eigenvalue weighted by molar-refractivity contribution is 5.87. The minimum atomic E-state index is -1.01. The molecule has 0 atom stereocenters. The number of hydrogen-bond donors (Lipinski definition) is 2. The van der Waals surface area contributed by atoms with Gasteiger partial charge in [-0.3, -0.25) is 9.59 Å². The number of rotatable bonds is 21. The van der Waals surface area contributed by atoms with Crippen molar-refractivity contribution in [2.75, 3.05) is 26.3 Å². The third-order valence-corrected chi connectivity index (χ3v) is 6.04. The standard InChI is InChI=1S/C28H46N2O5/c1-3-5-7-9-11-13-18-30(19-14-12-10-8-6-4-2)27(32)23-35-22-26(31)29-21-24-16-15-17-25(20-24)28(33)34/h15-17,20H,3-14,18-19,21-23H2,1-2H3,(H,29,31)(H,33,34). The predicted molar refractivity (Wildman–Crippen MR) is 139 cm³/mol. The van der Waals surface area contributed by atoms with Crippen LogP contribution < -0.4 is 5.32 Å². The van der Waals surface area contributed by atoms with E-state index in [4.69, 9.17) is 9.84 Å². The van der Waals surface area contributed by atoms with Gasteiger partial charge in [-0.1, -0.05) is 90.2 Å². The van der Waals surface area contributed by atoms with Crippen LogP contribution in [-0.2, 0) is 20.9 Å². The number of hydrogen-bond acceptors (Lipinski definition) is 4. The molecule has 0 spiro atoms. The van der Waals surface area contributed by atoms with Crippen LogP contribution in [0.4, 0.5) is 0 Å². The Morgan fingerprint density at radius 2 is 1.40 bits per heavy atom. The fourth-order valence-electron chi connectivity index (χ4n) is 3.92. The number of benzene rings is 1. The van der Waals surface area contributed by atoms with Crippen molar-refractivity contribution in [3.63, 3.8) is 0 Å². The Balaban J connectivity index is 2.37. The topological polar surface area (TPSA) is 95.9 Å². The van der Waals surface area contributed by atoms with Crippen LogP contribution >= 0.6 is 0 Å². The lowest BCUT2D eigenvalue weighted by atomic mass is 10.1. The second kappa shape index (κ2) is 19.8. The lowest BCUT2D eigenvalue weighted by Crippen LogP contribution is -2.37. The Bertz CT molecular complexity index is 722. The maximum atomic E-state index is 12.8. The summed E-state index contributed by atoms with van der Waals surface area (Å²) in [6.07, 6.45) is 14.2. The molecule has 0 heterocycles. The number of carbonyl (C=O) groups excluding carboxylic acids is 2. The molecule has 2 amide bonds. The SMILES string of the molecule is CCCCCCCCN(CCCCCCCC)C(=O)COCC(=O)NCc1cccc(C(=O)O)c1. The van der Waals surface area contributed by atoms with E-state index < -0.39 is 5.97 Å². The van der Waals surface area contributed by atoms with Crippen LogP contribution in [0.25, 0.3) is 0 Å². The molecule has 0 aliphatic carbocycles. The third kappa shape index (κ3) is 15.2. The van der Waals surface area contributed by atoms with Crippen LogP contribution in [0.15, 0.2) is 24.3 Å². The van der Waals surface area contributed by atoms with Crippen molar-refractivity contribution in [3.05, 3.63) is 35.4 Å². The Morgan fingerprint density at radius 3 is 1.97 bits per heavy atom. The molecule has 7 nitrogen and oxygen atoms in total. The molecule has 7 heteroatoms. The largest absolute Gasteiger partial charge is 0.478 e. The zero-order chi connectivity index (χ0) is 25.7. The average molecular weight is 491 g/mol. The number of nitrogens with one attached hydrogen (secondary N) is 1. The van der Waals surface area contributed by atoms with Crippen molar-refractivity contribution >= 4 is 17.8 Å². The molecular weight excluding hydrogens is 444 g/mol. The second-order valence-corrected chi connectivity index (χ2v) is 9.19. The number of ether oxygens (including phenoxy) is 1. The zero-order valence-electron chi connectivity index (χ0n) is 21.9. The minimum Gasteiger partial charge on any atom is -0.478 e. The summed E-state index contributed by atoms with van der Waals surface area (Å²) in [7, 11) is 0. The van der Waals surface area contributed by atoms with Crippen molar-refractivity contribution in [1.82, 2.24) is 10.2 Å². The highest BCUT2D eigenvalue weighted by atomic mass is 16.5. The lowest BCUT2D eigenvalue weighted by Gasteiger charge is -2.23. The number of carbonyl (C=O) groups is 3. The molecule has 0 aliphatic heterocycles. The summed E-state index contributed by atoms with van der Waals surface area (Å²) >= 11 is 0. The maximum absolute atomic E-state index is 12.8. The summed E-state index contributed by atoms with van der Waals surface area (Å²) in [4.78, 5) is 37.8. The minimum absolute atomic E-state index is 0.0610. The summed E-state index contributed by atoms with van der Waals surface area (Å²) in [5.41, 5.74) is 0.868. The van der Waals surface area contributed by atoms with Crippen LogP contribution in [0.1, 0.15) is 107 Å². The van der Waals surface area contributed by atoms with Gasteiger partial charge >= 0.3 is 5.97 Å². The Morgan fingerprint density at radius 1 is 0.829 bits per heavy atom. The fraction of sp³-hybridized carbons (Fsp3) is 0.679. The van der Waals surface area contributed by atoms with E-state index in [9.17, 15) is 14.4 Å². The molecular formula is C28H46N2O5. The van der Waals surface area contributed by atoms with Crippen molar-refractivity contribution in [3.8, 4) is 0 Å². The Labute approximate surface area is 211 Å². The molecule has 0 aromatic heterocycles. The van der Waals surface area contributed by atoms with Gasteiger partial charge in [0.15, 0.2) is 0 Å². The number of nitrogens with zero attached hydrogens (tertiary/aromatic N) is 1. The molecule has 0 aliphatic rings. The Kier molecular flexibility index (Phi) is 17.4. The summed E-state index contributed by atoms with van der Waals surface area (Å²) in [5.74, 6) is -1.41. The predicted octanol–water partition coefficient (Wildman–Crippen LogP) is 5.57. The molecule has 1 aromatic rings. The van der Waals surface area contributed by atoms with Gasteiger partial charge in [-0.05, 0) is 30.5 Å². The number of carboxylic acid groups (broad SMARTS) is 1. The van der Waals surface area contributed by atoms with Crippen LogP contribution in [0, 0.1) is 0 Å². The van der Waals surface area contributed by atoms with Gasteiger partial charge in [0, 0.05) is 19.6 Å². The molecule has 0 saturated carbocycles. The van der Waals surface area contributed by atoms with Crippen molar-refractivity contribution in [1.29, 1.82) is 0 Å². The van der Waals surface area contributed by atoms with E-state index in [1.54, 1.807) is 12.1 Å². The molecule has 0 radical (unpaired) electrons. The first-order chi connectivity index (χ1) is 17.0. The van der Waals surface area contributed by atoms with Crippen molar-refractivity contribution in [2.24, 2.45) is 0 Å². The number of aromatic carboxylic acids is 1. The van der Waals surface area contributed by atoms with E-state index in [1.807, 2.05) is 4.90 Å². The van der Waals surface area contributed by atoms with Crippen LogP contribution in [0.5, 0.6) is 0 Å². The average Bonchev–Trinajstić information content (AvgIpc) is 2.85. The smallest absolute Gasteiger partial charge is 0.335 e. The first-order valence-electron chi connectivity index (χ1n) is 13.4. The molecule has 2 N–H and O–H groups in total. The monoisotopic (exact) mass is 490 g/mol. The van der Waals surface area contributed by atoms with Gasteiger partial charge in [-0.25, -0.2) is 4.79 Å². The summed E-state index contributed by atoms with van der Waals surface area (Å²) < 4.78 is 5.41. The van der Waals surface area contributed by atoms with E-state index in [1.165, 1.54) is 63.5 Å². The number of carboxylic acids is 1. The van der Waals surface area contributed by atoms with E-state index in [-0.39, 0.29) is 37.1 Å². The molecule has 0 unspecified atom stereocenters. The summed E-state index contributed by atoms with van der Waals surface area (Å²) in [6, 6.07) is 6.42. The third-order valence-electron chi connectivity index (χ3n) is 6.04. The van der Waals surface area contributed by atoms with E-state index >= 15 is 0 Å². The first kappa shape index (κ1) is 30.6. The number of amides is 2. The zero-order valence-corrected chi connectivity index (χ0v) is 21.9. The van der Waals surface area contributed by atoms with E-state index in [2.05, 4.69) is 19.2 Å². The quantitative estimate of drug-likeness (QED) is 0.220. The first-order valence-corrected chi connectivity index (χ1v) is 13.4. The van der Waals surface area contributed by atoms with Crippen molar-refractivity contribution < 1.29 is 24.2 Å². The van der Waals surface area contributed by atoms with E-state index in [0.717, 1.165) is 38.8 Å². The molecule has 35 heavy (non-hydrogen) atoms. The second-order valence-electron chi connectivity index (χ2n) is 9.19. The van der Waals surface area contributed by atoms with Crippen LogP contribution in [0.3, 0.4) is 0 Å². The van der Waals surface area contributed by atoms with Gasteiger partial charge in [-0.2, -0.15) is 0 Å². The highest BCUT2D eigenvalue weighted by Crippen LogP contribution is 2.10. The van der Waals surface area contributed by atoms with Gasteiger partial charge in [0.1, 0.15) is 13.2 Å².